The lowest BCUT2D eigenvalue weighted by molar-refractivity contribution is -0.151. The number of alkyl halides is 3. The minimum atomic E-state index is -4.39. The molecule has 1 fully saturated rings. The summed E-state index contributed by atoms with van der Waals surface area (Å²) in [4.78, 5) is 11.6. The van der Waals surface area contributed by atoms with Gasteiger partial charge in [-0.1, -0.05) is 13.0 Å². The Morgan fingerprint density at radius 1 is 1.42 bits per heavy atom. The summed E-state index contributed by atoms with van der Waals surface area (Å²) in [5, 5.41) is 0. The van der Waals surface area contributed by atoms with Crippen LogP contribution in [-0.2, 0) is 11.0 Å². The van der Waals surface area contributed by atoms with Crippen molar-refractivity contribution in [2.24, 2.45) is 5.41 Å². The highest BCUT2D eigenvalue weighted by atomic mass is 19.4. The van der Waals surface area contributed by atoms with Crippen LogP contribution in [0, 0.1) is 5.41 Å². The molecule has 2 unspecified atom stereocenters. The molecular weight excluding hydrogens is 257 g/mol. The molecule has 104 valence electrons. The Hall–Kier alpha value is -1.52. The van der Waals surface area contributed by atoms with Crippen molar-refractivity contribution in [1.29, 1.82) is 0 Å². The van der Waals surface area contributed by atoms with Crippen molar-refractivity contribution in [2.45, 2.75) is 39.0 Å². The van der Waals surface area contributed by atoms with Gasteiger partial charge in [-0.05, 0) is 31.5 Å². The molecule has 1 aromatic carbocycles. The van der Waals surface area contributed by atoms with Gasteiger partial charge < -0.3 is 4.74 Å². The summed E-state index contributed by atoms with van der Waals surface area (Å²) in [5.41, 5.74) is -1.32. The van der Waals surface area contributed by atoms with Crippen LogP contribution in [0.2, 0.25) is 0 Å². The zero-order valence-corrected chi connectivity index (χ0v) is 10.8. The number of rotatable bonds is 3. The van der Waals surface area contributed by atoms with Gasteiger partial charge in [-0.3, -0.25) is 4.79 Å². The minimum Gasteiger partial charge on any atom is -0.489 e. The van der Waals surface area contributed by atoms with Crippen LogP contribution in [-0.4, -0.2) is 11.9 Å². The molecule has 0 N–H and O–H groups in total. The fraction of sp³-hybridized carbons (Fsp3) is 0.500. The first-order valence-corrected chi connectivity index (χ1v) is 6.14. The van der Waals surface area contributed by atoms with Gasteiger partial charge in [0.2, 0.25) is 0 Å². The van der Waals surface area contributed by atoms with Gasteiger partial charge in [0, 0.05) is 6.42 Å². The number of hydrogen-bond acceptors (Lipinski definition) is 2. The van der Waals surface area contributed by atoms with Crippen molar-refractivity contribution in [2.75, 3.05) is 0 Å². The van der Waals surface area contributed by atoms with E-state index in [9.17, 15) is 18.0 Å². The quantitative estimate of drug-likeness (QED) is 0.835. The Morgan fingerprint density at radius 2 is 2.11 bits per heavy atom. The van der Waals surface area contributed by atoms with Gasteiger partial charge in [-0.2, -0.15) is 13.2 Å². The number of carbonyl (C=O) groups is 1. The maximum atomic E-state index is 12.6. The molecule has 0 aliphatic heterocycles. The standard InChI is InChI=1S/C14H15F3O2/c1-3-13(2)11(18)8-12(13)19-10-6-4-5-9(7-10)14(15,16)17/h4-7,12H,3,8H2,1-2H3. The van der Waals surface area contributed by atoms with Crippen molar-refractivity contribution >= 4 is 5.78 Å². The second kappa shape index (κ2) is 4.54. The van der Waals surface area contributed by atoms with Crippen LogP contribution in [0.15, 0.2) is 24.3 Å². The Morgan fingerprint density at radius 3 is 2.63 bits per heavy atom. The van der Waals surface area contributed by atoms with Crippen molar-refractivity contribution in [3.63, 3.8) is 0 Å². The molecule has 0 amide bonds. The Kier molecular flexibility index (Phi) is 3.32. The number of benzene rings is 1. The molecule has 2 atom stereocenters. The zero-order chi connectivity index (χ0) is 14.3. The first kappa shape index (κ1) is 13.9. The third-order valence-electron chi connectivity index (χ3n) is 3.89. The number of ether oxygens (including phenoxy) is 1. The molecule has 0 saturated heterocycles. The van der Waals surface area contributed by atoms with E-state index in [1.54, 1.807) is 6.92 Å². The molecule has 0 spiro atoms. The van der Waals surface area contributed by atoms with Gasteiger partial charge >= 0.3 is 6.18 Å². The lowest BCUT2D eigenvalue weighted by atomic mass is 9.64. The molecule has 2 nitrogen and oxygen atoms in total. The van der Waals surface area contributed by atoms with Crippen LogP contribution in [0.4, 0.5) is 13.2 Å². The third kappa shape index (κ3) is 2.46. The minimum absolute atomic E-state index is 0.104. The van der Waals surface area contributed by atoms with Crippen molar-refractivity contribution in [1.82, 2.24) is 0 Å². The third-order valence-corrected chi connectivity index (χ3v) is 3.89. The smallest absolute Gasteiger partial charge is 0.416 e. The van der Waals surface area contributed by atoms with E-state index in [1.165, 1.54) is 12.1 Å². The lowest BCUT2D eigenvalue weighted by Gasteiger charge is -2.44. The number of ketones is 1. The second-order valence-electron chi connectivity index (χ2n) is 5.03. The van der Waals surface area contributed by atoms with E-state index in [2.05, 4.69) is 0 Å². The Labute approximate surface area is 109 Å². The van der Waals surface area contributed by atoms with E-state index < -0.39 is 17.2 Å². The topological polar surface area (TPSA) is 26.3 Å². The number of carbonyl (C=O) groups excluding carboxylic acids is 1. The Balaban J connectivity index is 2.15. The highest BCUT2D eigenvalue weighted by Gasteiger charge is 2.51. The van der Waals surface area contributed by atoms with Crippen LogP contribution in [0.1, 0.15) is 32.3 Å². The Bertz CT molecular complexity index is 496. The molecule has 0 bridgehead atoms. The summed E-state index contributed by atoms with van der Waals surface area (Å²) in [5.74, 6) is 0.263. The highest BCUT2D eigenvalue weighted by Crippen LogP contribution is 2.43. The predicted molar refractivity (Wildman–Crippen MR) is 63.9 cm³/mol. The fourth-order valence-corrected chi connectivity index (χ4v) is 2.18. The van der Waals surface area contributed by atoms with Gasteiger partial charge in [-0.15, -0.1) is 0 Å². The molecule has 1 saturated carbocycles. The van der Waals surface area contributed by atoms with Gasteiger partial charge in [0.25, 0.3) is 0 Å². The number of Topliss-reactive ketones (excluding diaryl/α,β-unsaturated/α-hetero) is 1. The largest absolute Gasteiger partial charge is 0.489 e. The van der Waals surface area contributed by atoms with E-state index in [4.69, 9.17) is 4.74 Å². The van der Waals surface area contributed by atoms with Gasteiger partial charge in [0.05, 0.1) is 11.0 Å². The molecule has 1 aliphatic rings. The van der Waals surface area contributed by atoms with Crippen LogP contribution >= 0.6 is 0 Å². The van der Waals surface area contributed by atoms with E-state index in [0.717, 1.165) is 12.1 Å². The van der Waals surface area contributed by atoms with E-state index >= 15 is 0 Å². The average molecular weight is 272 g/mol. The fourth-order valence-electron chi connectivity index (χ4n) is 2.18. The zero-order valence-electron chi connectivity index (χ0n) is 10.8. The van der Waals surface area contributed by atoms with Gasteiger partial charge in [0.15, 0.2) is 0 Å². The summed E-state index contributed by atoms with van der Waals surface area (Å²) < 4.78 is 43.3. The van der Waals surface area contributed by atoms with Crippen LogP contribution in [0.5, 0.6) is 5.75 Å². The van der Waals surface area contributed by atoms with E-state index in [1.807, 2.05) is 6.92 Å². The van der Waals surface area contributed by atoms with Crippen LogP contribution in [0.3, 0.4) is 0 Å². The van der Waals surface area contributed by atoms with E-state index in [-0.39, 0.29) is 24.1 Å². The second-order valence-corrected chi connectivity index (χ2v) is 5.03. The molecule has 0 heterocycles. The molecular formula is C14H15F3O2. The van der Waals surface area contributed by atoms with Crippen molar-refractivity contribution in [3.8, 4) is 5.75 Å². The molecule has 2 rings (SSSR count). The van der Waals surface area contributed by atoms with Gasteiger partial charge in [-0.25, -0.2) is 0 Å². The first-order chi connectivity index (χ1) is 8.77. The van der Waals surface area contributed by atoms with Crippen LogP contribution < -0.4 is 4.74 Å². The number of halogens is 3. The van der Waals surface area contributed by atoms with E-state index in [0.29, 0.717) is 6.42 Å². The summed E-state index contributed by atoms with van der Waals surface area (Å²) in [6.45, 7) is 3.66. The summed E-state index contributed by atoms with van der Waals surface area (Å²) in [7, 11) is 0. The molecule has 0 radical (unpaired) electrons. The normalized spacial score (nSPS) is 27.0. The predicted octanol–water partition coefficient (Wildman–Crippen LogP) is 3.84. The molecule has 0 aromatic heterocycles. The maximum Gasteiger partial charge on any atom is 0.416 e. The lowest BCUT2D eigenvalue weighted by Crippen LogP contribution is -2.54. The first-order valence-electron chi connectivity index (χ1n) is 6.14. The van der Waals surface area contributed by atoms with Crippen molar-refractivity contribution in [3.05, 3.63) is 29.8 Å². The summed E-state index contributed by atoms with van der Waals surface area (Å²) >= 11 is 0. The highest BCUT2D eigenvalue weighted by molar-refractivity contribution is 5.92. The molecule has 1 aromatic rings. The number of hydrogen-bond donors (Lipinski definition) is 0. The molecule has 1 aliphatic carbocycles. The molecule has 19 heavy (non-hydrogen) atoms. The maximum absolute atomic E-state index is 12.6. The monoisotopic (exact) mass is 272 g/mol. The van der Waals surface area contributed by atoms with Gasteiger partial charge in [0.1, 0.15) is 17.6 Å². The summed E-state index contributed by atoms with van der Waals surface area (Å²) in [6.07, 6.45) is -3.84. The van der Waals surface area contributed by atoms with Crippen LogP contribution in [0.25, 0.3) is 0 Å². The average Bonchev–Trinajstić information content (AvgIpc) is 2.36. The summed E-state index contributed by atoms with van der Waals surface area (Å²) in [6, 6.07) is 4.76. The SMILES string of the molecule is CCC1(C)C(=O)CC1Oc1cccc(C(F)(F)F)c1. The molecule has 5 heteroatoms. The van der Waals surface area contributed by atoms with Crippen molar-refractivity contribution < 1.29 is 22.7 Å².